The zero-order chi connectivity index (χ0) is 10.4. The molecule has 0 bridgehead atoms. The number of H-pyrrole nitrogens is 1. The maximum absolute atomic E-state index is 11.3. The second-order valence-electron chi connectivity index (χ2n) is 2.81. The minimum absolute atomic E-state index is 0.00636. The summed E-state index contributed by atoms with van der Waals surface area (Å²) in [7, 11) is 0. The van der Waals surface area contributed by atoms with Crippen molar-refractivity contribution in [2.75, 3.05) is 13.2 Å². The Balaban J connectivity index is 2.28. The van der Waals surface area contributed by atoms with Gasteiger partial charge in [-0.1, -0.05) is 0 Å². The Labute approximate surface area is 82.1 Å². The van der Waals surface area contributed by atoms with Crippen molar-refractivity contribution in [3.8, 4) is 0 Å². The molecule has 1 heterocycles. The maximum atomic E-state index is 11.3. The van der Waals surface area contributed by atoms with Crippen molar-refractivity contribution in [3.05, 3.63) is 12.2 Å². The third-order valence-corrected chi connectivity index (χ3v) is 1.63. The third kappa shape index (κ3) is 3.14. The minimum atomic E-state index is -0.269. The molecule has 0 aromatic carbocycles. The first kappa shape index (κ1) is 10.6. The van der Waals surface area contributed by atoms with Crippen LogP contribution >= 0.6 is 0 Å². The standard InChI is InChI=1S/C8H14N4O2/c1-3-14-6(2)4-9-8(13)7-10-5-11-12-7/h5-6H,3-4H2,1-2H3,(H,9,13)(H,10,11,12). The molecule has 1 amide bonds. The van der Waals surface area contributed by atoms with Crippen molar-refractivity contribution in [2.45, 2.75) is 20.0 Å². The SMILES string of the molecule is CCOC(C)CNC(=O)c1ncn[nH]1. The van der Waals surface area contributed by atoms with Gasteiger partial charge in [-0.25, -0.2) is 4.98 Å². The molecule has 1 rings (SSSR count). The van der Waals surface area contributed by atoms with E-state index in [4.69, 9.17) is 4.74 Å². The van der Waals surface area contributed by atoms with Crippen LogP contribution in [0.15, 0.2) is 6.33 Å². The van der Waals surface area contributed by atoms with Gasteiger partial charge in [0.15, 0.2) is 0 Å². The number of nitrogens with one attached hydrogen (secondary N) is 2. The van der Waals surface area contributed by atoms with Crippen LogP contribution in [0.2, 0.25) is 0 Å². The lowest BCUT2D eigenvalue weighted by atomic mass is 10.4. The molecule has 0 aliphatic rings. The van der Waals surface area contributed by atoms with Crippen LogP contribution in [-0.4, -0.2) is 40.3 Å². The lowest BCUT2D eigenvalue weighted by Crippen LogP contribution is -2.32. The highest BCUT2D eigenvalue weighted by molar-refractivity contribution is 5.90. The van der Waals surface area contributed by atoms with Crippen LogP contribution < -0.4 is 5.32 Å². The summed E-state index contributed by atoms with van der Waals surface area (Å²) in [5, 5.41) is 8.73. The summed E-state index contributed by atoms with van der Waals surface area (Å²) >= 11 is 0. The molecule has 0 saturated heterocycles. The Morgan fingerprint density at radius 3 is 3.14 bits per heavy atom. The van der Waals surface area contributed by atoms with Crippen LogP contribution in [0, 0.1) is 0 Å². The lowest BCUT2D eigenvalue weighted by molar-refractivity contribution is 0.0691. The minimum Gasteiger partial charge on any atom is -0.377 e. The molecule has 14 heavy (non-hydrogen) atoms. The fourth-order valence-corrected chi connectivity index (χ4v) is 0.978. The van der Waals surface area contributed by atoms with Crippen molar-refractivity contribution in [1.29, 1.82) is 0 Å². The van der Waals surface area contributed by atoms with Gasteiger partial charge in [-0.15, -0.1) is 0 Å². The molecule has 0 saturated carbocycles. The number of rotatable bonds is 5. The first-order valence-corrected chi connectivity index (χ1v) is 4.49. The Morgan fingerprint density at radius 1 is 1.79 bits per heavy atom. The summed E-state index contributed by atoms with van der Waals surface area (Å²) in [5.74, 6) is -0.0530. The smallest absolute Gasteiger partial charge is 0.288 e. The number of amides is 1. The molecular weight excluding hydrogens is 184 g/mol. The highest BCUT2D eigenvalue weighted by atomic mass is 16.5. The molecule has 0 fully saturated rings. The summed E-state index contributed by atoms with van der Waals surface area (Å²) in [6.45, 7) is 4.91. The van der Waals surface area contributed by atoms with Gasteiger partial charge in [-0.05, 0) is 13.8 Å². The highest BCUT2D eigenvalue weighted by Gasteiger charge is 2.09. The first-order valence-electron chi connectivity index (χ1n) is 4.49. The fraction of sp³-hybridized carbons (Fsp3) is 0.625. The number of hydrogen-bond donors (Lipinski definition) is 2. The predicted molar refractivity (Wildman–Crippen MR) is 49.8 cm³/mol. The molecule has 2 N–H and O–H groups in total. The Morgan fingerprint density at radius 2 is 2.57 bits per heavy atom. The van der Waals surface area contributed by atoms with Gasteiger partial charge in [-0.3, -0.25) is 9.89 Å². The van der Waals surface area contributed by atoms with E-state index in [-0.39, 0.29) is 17.8 Å². The van der Waals surface area contributed by atoms with Crippen LogP contribution in [0.5, 0.6) is 0 Å². The number of hydrogen-bond acceptors (Lipinski definition) is 4. The van der Waals surface area contributed by atoms with Crippen molar-refractivity contribution in [1.82, 2.24) is 20.5 Å². The number of nitrogens with zero attached hydrogens (tertiary/aromatic N) is 2. The average Bonchev–Trinajstić information content (AvgIpc) is 2.67. The van der Waals surface area contributed by atoms with Gasteiger partial charge in [0.05, 0.1) is 6.10 Å². The Hall–Kier alpha value is -1.43. The molecule has 1 aromatic heterocycles. The van der Waals surface area contributed by atoms with Crippen molar-refractivity contribution >= 4 is 5.91 Å². The van der Waals surface area contributed by atoms with Gasteiger partial charge in [0.25, 0.3) is 5.91 Å². The average molecular weight is 198 g/mol. The second kappa shape index (κ2) is 5.33. The first-order chi connectivity index (χ1) is 6.74. The number of carbonyl (C=O) groups is 1. The molecule has 0 spiro atoms. The molecule has 1 unspecified atom stereocenters. The summed E-state index contributed by atoms with van der Waals surface area (Å²) in [4.78, 5) is 15.0. The molecule has 78 valence electrons. The van der Waals surface area contributed by atoms with Crippen LogP contribution in [0.1, 0.15) is 24.5 Å². The van der Waals surface area contributed by atoms with E-state index >= 15 is 0 Å². The summed E-state index contributed by atoms with van der Waals surface area (Å²) in [6, 6.07) is 0. The van der Waals surface area contributed by atoms with Crippen molar-refractivity contribution in [2.24, 2.45) is 0 Å². The van der Waals surface area contributed by atoms with E-state index in [1.54, 1.807) is 0 Å². The van der Waals surface area contributed by atoms with Crippen LogP contribution in [0.3, 0.4) is 0 Å². The molecule has 6 heteroatoms. The van der Waals surface area contributed by atoms with E-state index in [1.165, 1.54) is 6.33 Å². The van der Waals surface area contributed by atoms with E-state index in [1.807, 2.05) is 13.8 Å². The van der Waals surface area contributed by atoms with Gasteiger partial charge in [0.1, 0.15) is 6.33 Å². The number of ether oxygens (including phenoxy) is 1. The zero-order valence-corrected chi connectivity index (χ0v) is 8.28. The van der Waals surface area contributed by atoms with E-state index < -0.39 is 0 Å². The largest absolute Gasteiger partial charge is 0.377 e. The predicted octanol–water partition coefficient (Wildman–Crippen LogP) is -0.0405. The molecule has 6 nitrogen and oxygen atoms in total. The number of carbonyl (C=O) groups excluding carboxylic acids is 1. The summed E-state index contributed by atoms with van der Waals surface area (Å²) in [6.07, 6.45) is 1.30. The number of aromatic nitrogens is 3. The van der Waals surface area contributed by atoms with Crippen LogP contribution in [0.4, 0.5) is 0 Å². The van der Waals surface area contributed by atoms with Crippen molar-refractivity contribution < 1.29 is 9.53 Å². The summed E-state index contributed by atoms with van der Waals surface area (Å²) in [5.41, 5.74) is 0. The number of aromatic amines is 1. The molecule has 0 aliphatic heterocycles. The molecular formula is C8H14N4O2. The lowest BCUT2D eigenvalue weighted by Gasteiger charge is -2.11. The fourth-order valence-electron chi connectivity index (χ4n) is 0.978. The topological polar surface area (TPSA) is 79.9 Å². The third-order valence-electron chi connectivity index (χ3n) is 1.63. The summed E-state index contributed by atoms with van der Waals surface area (Å²) < 4.78 is 5.25. The van der Waals surface area contributed by atoms with Gasteiger partial charge in [0, 0.05) is 13.2 Å². The Kier molecular flexibility index (Phi) is 4.06. The molecule has 1 atom stereocenters. The van der Waals surface area contributed by atoms with Crippen LogP contribution in [-0.2, 0) is 4.74 Å². The molecule has 0 aliphatic carbocycles. The van der Waals surface area contributed by atoms with E-state index in [2.05, 4.69) is 20.5 Å². The van der Waals surface area contributed by atoms with Gasteiger partial charge in [-0.2, -0.15) is 5.10 Å². The van der Waals surface area contributed by atoms with E-state index in [9.17, 15) is 4.79 Å². The zero-order valence-electron chi connectivity index (χ0n) is 8.28. The maximum Gasteiger partial charge on any atom is 0.288 e. The molecule has 1 aromatic rings. The van der Waals surface area contributed by atoms with Crippen LogP contribution in [0.25, 0.3) is 0 Å². The highest BCUT2D eigenvalue weighted by Crippen LogP contribution is 1.89. The quantitative estimate of drug-likeness (QED) is 0.695. The molecule has 0 radical (unpaired) electrons. The van der Waals surface area contributed by atoms with Crippen molar-refractivity contribution in [3.63, 3.8) is 0 Å². The normalized spacial score (nSPS) is 12.4. The van der Waals surface area contributed by atoms with Gasteiger partial charge >= 0.3 is 0 Å². The van der Waals surface area contributed by atoms with E-state index in [0.717, 1.165) is 0 Å². The van der Waals surface area contributed by atoms with E-state index in [0.29, 0.717) is 13.2 Å². The van der Waals surface area contributed by atoms with Gasteiger partial charge < -0.3 is 10.1 Å². The van der Waals surface area contributed by atoms with Gasteiger partial charge in [0.2, 0.25) is 5.82 Å². The second-order valence-corrected chi connectivity index (χ2v) is 2.81. The monoisotopic (exact) mass is 198 g/mol. The Bertz CT molecular complexity index is 273.